The zero-order chi connectivity index (χ0) is 15.6. The fourth-order valence-electron chi connectivity index (χ4n) is 1.72. The summed E-state index contributed by atoms with van der Waals surface area (Å²) in [6.45, 7) is 3.33. The van der Waals surface area contributed by atoms with E-state index in [1.54, 1.807) is 18.2 Å². The zero-order valence-corrected chi connectivity index (χ0v) is 15.3. The number of nitrogens with one attached hydrogen (secondary N) is 2. The van der Waals surface area contributed by atoms with Gasteiger partial charge in [-0.1, -0.05) is 0 Å². The second-order valence-electron chi connectivity index (χ2n) is 4.40. The Kier molecular flexibility index (Phi) is 5.18. The van der Waals surface area contributed by atoms with E-state index < -0.39 is 0 Å². The molecule has 2 aromatic rings. The van der Waals surface area contributed by atoms with Crippen LogP contribution in [0.25, 0.3) is 0 Å². The summed E-state index contributed by atoms with van der Waals surface area (Å²) < 4.78 is 1.74. The van der Waals surface area contributed by atoms with Gasteiger partial charge in [0.1, 0.15) is 0 Å². The molecule has 0 spiro atoms. The number of hydrogen-bond acceptors (Lipinski definition) is 3. The summed E-state index contributed by atoms with van der Waals surface area (Å²) >= 11 is 8.08. The smallest absolute Gasteiger partial charge is 0.265 e. The van der Waals surface area contributed by atoms with Crippen LogP contribution in [0.2, 0.25) is 0 Å². The van der Waals surface area contributed by atoms with Crippen LogP contribution in [0.15, 0.2) is 32.5 Å². The van der Waals surface area contributed by atoms with Gasteiger partial charge >= 0.3 is 0 Å². The van der Waals surface area contributed by atoms with E-state index in [0.29, 0.717) is 10.6 Å². The van der Waals surface area contributed by atoms with Crippen molar-refractivity contribution in [3.63, 3.8) is 0 Å². The third-order valence-corrected chi connectivity index (χ3v) is 5.92. The van der Waals surface area contributed by atoms with Gasteiger partial charge in [0.2, 0.25) is 5.91 Å². The Morgan fingerprint density at radius 2 is 1.86 bits per heavy atom. The van der Waals surface area contributed by atoms with Crippen LogP contribution < -0.4 is 10.6 Å². The molecule has 4 nitrogen and oxygen atoms in total. The molecule has 1 aromatic carbocycles. The Bertz CT molecular complexity index is 693. The molecule has 0 aliphatic rings. The van der Waals surface area contributed by atoms with Crippen LogP contribution in [0.1, 0.15) is 22.2 Å². The Hall–Kier alpha value is -1.18. The number of anilines is 2. The molecule has 110 valence electrons. The van der Waals surface area contributed by atoms with Crippen molar-refractivity contribution in [1.82, 2.24) is 0 Å². The number of benzene rings is 1. The lowest BCUT2D eigenvalue weighted by molar-refractivity contribution is -0.114. The van der Waals surface area contributed by atoms with Gasteiger partial charge in [0, 0.05) is 22.8 Å². The summed E-state index contributed by atoms with van der Waals surface area (Å²) in [6.07, 6.45) is 0. The van der Waals surface area contributed by atoms with Crippen LogP contribution in [0, 0.1) is 6.92 Å². The van der Waals surface area contributed by atoms with Crippen molar-refractivity contribution >= 4 is 66.4 Å². The van der Waals surface area contributed by atoms with Crippen LogP contribution >= 0.6 is 43.2 Å². The predicted octanol–water partition coefficient (Wildman–Crippen LogP) is 4.79. The minimum absolute atomic E-state index is 0.122. The average molecular weight is 432 g/mol. The first kappa shape index (κ1) is 16.2. The number of carbonyl (C=O) groups excluding carboxylic acids is 2. The molecule has 2 rings (SSSR count). The summed E-state index contributed by atoms with van der Waals surface area (Å²) in [5.74, 6) is -0.291. The van der Waals surface area contributed by atoms with Gasteiger partial charge in [-0.3, -0.25) is 9.59 Å². The van der Waals surface area contributed by atoms with Gasteiger partial charge in [0.05, 0.1) is 8.66 Å². The Balaban J connectivity index is 2.14. The van der Waals surface area contributed by atoms with Gasteiger partial charge in [-0.15, -0.1) is 11.3 Å². The molecule has 7 heteroatoms. The standard InChI is InChI=1S/C14H12Br2N2O2S/c1-7-5-9(3-4-11(7)17-8(2)19)18-14(20)12-6-10(15)13(16)21-12/h3-6H,1-2H3,(H,17,19)(H,18,20). The normalized spacial score (nSPS) is 10.3. The van der Waals surface area contributed by atoms with Crippen molar-refractivity contribution in [2.45, 2.75) is 13.8 Å². The van der Waals surface area contributed by atoms with Crippen LogP contribution in [0.3, 0.4) is 0 Å². The van der Waals surface area contributed by atoms with E-state index in [1.165, 1.54) is 18.3 Å². The number of carbonyl (C=O) groups is 2. The van der Waals surface area contributed by atoms with E-state index >= 15 is 0 Å². The second-order valence-corrected chi connectivity index (χ2v) is 7.62. The molecule has 2 N–H and O–H groups in total. The summed E-state index contributed by atoms with van der Waals surface area (Å²) in [4.78, 5) is 23.8. The van der Waals surface area contributed by atoms with Gasteiger partial charge in [0.25, 0.3) is 5.91 Å². The average Bonchev–Trinajstić information content (AvgIpc) is 2.73. The summed E-state index contributed by atoms with van der Waals surface area (Å²) in [5.41, 5.74) is 2.31. The fraction of sp³-hybridized carbons (Fsp3) is 0.143. The Morgan fingerprint density at radius 3 is 2.38 bits per heavy atom. The van der Waals surface area contributed by atoms with Crippen LogP contribution in [0.4, 0.5) is 11.4 Å². The molecule has 0 atom stereocenters. The van der Waals surface area contributed by atoms with Crippen molar-refractivity contribution in [1.29, 1.82) is 0 Å². The second kappa shape index (κ2) is 6.72. The number of hydrogen-bond donors (Lipinski definition) is 2. The molecular weight excluding hydrogens is 420 g/mol. The third kappa shape index (κ3) is 4.15. The zero-order valence-electron chi connectivity index (χ0n) is 11.3. The third-order valence-electron chi connectivity index (χ3n) is 2.66. The molecule has 1 aromatic heterocycles. The number of halogens is 2. The van der Waals surface area contributed by atoms with Crippen molar-refractivity contribution in [3.05, 3.63) is 43.0 Å². The highest BCUT2D eigenvalue weighted by Gasteiger charge is 2.12. The lowest BCUT2D eigenvalue weighted by Gasteiger charge is -2.09. The van der Waals surface area contributed by atoms with Crippen molar-refractivity contribution in [2.75, 3.05) is 10.6 Å². The first-order chi connectivity index (χ1) is 9.86. The molecule has 0 aliphatic heterocycles. The molecule has 0 aliphatic carbocycles. The van der Waals surface area contributed by atoms with Gasteiger partial charge in [-0.25, -0.2) is 0 Å². The predicted molar refractivity (Wildman–Crippen MR) is 93.2 cm³/mol. The Morgan fingerprint density at radius 1 is 1.14 bits per heavy atom. The number of amides is 2. The molecular formula is C14H12Br2N2O2S. The lowest BCUT2D eigenvalue weighted by Crippen LogP contribution is -2.11. The molecule has 1 heterocycles. The van der Waals surface area contributed by atoms with Crippen LogP contribution in [0.5, 0.6) is 0 Å². The van der Waals surface area contributed by atoms with Crippen molar-refractivity contribution in [3.8, 4) is 0 Å². The van der Waals surface area contributed by atoms with Gasteiger partial charge in [0.15, 0.2) is 0 Å². The molecule has 0 saturated carbocycles. The van der Waals surface area contributed by atoms with Gasteiger partial charge in [-0.2, -0.15) is 0 Å². The molecule has 0 radical (unpaired) electrons. The van der Waals surface area contributed by atoms with Crippen LogP contribution in [-0.2, 0) is 4.79 Å². The molecule has 2 amide bonds. The maximum atomic E-state index is 12.1. The highest BCUT2D eigenvalue weighted by atomic mass is 79.9. The van der Waals surface area contributed by atoms with Gasteiger partial charge in [-0.05, 0) is 68.6 Å². The minimum Gasteiger partial charge on any atom is -0.326 e. The van der Waals surface area contributed by atoms with Crippen LogP contribution in [-0.4, -0.2) is 11.8 Å². The lowest BCUT2D eigenvalue weighted by atomic mass is 10.1. The maximum absolute atomic E-state index is 12.1. The molecule has 0 unspecified atom stereocenters. The van der Waals surface area contributed by atoms with Gasteiger partial charge < -0.3 is 10.6 Å². The number of thiophene rings is 1. The Labute approximate surface area is 143 Å². The monoisotopic (exact) mass is 430 g/mol. The summed E-state index contributed by atoms with van der Waals surface area (Å²) in [5, 5.41) is 5.57. The molecule has 0 fully saturated rings. The van der Waals surface area contributed by atoms with E-state index in [9.17, 15) is 9.59 Å². The number of aryl methyl sites for hydroxylation is 1. The molecule has 0 bridgehead atoms. The minimum atomic E-state index is -0.168. The van der Waals surface area contributed by atoms with Crippen molar-refractivity contribution in [2.24, 2.45) is 0 Å². The van der Waals surface area contributed by atoms with E-state index in [0.717, 1.165) is 19.5 Å². The summed E-state index contributed by atoms with van der Waals surface area (Å²) in [7, 11) is 0. The molecule has 0 saturated heterocycles. The van der Waals surface area contributed by atoms with E-state index in [1.807, 2.05) is 13.0 Å². The topological polar surface area (TPSA) is 58.2 Å². The first-order valence-corrected chi connectivity index (χ1v) is 8.41. The van der Waals surface area contributed by atoms with E-state index in [-0.39, 0.29) is 11.8 Å². The largest absolute Gasteiger partial charge is 0.326 e. The summed E-state index contributed by atoms with van der Waals surface area (Å²) in [6, 6.07) is 7.12. The molecule has 21 heavy (non-hydrogen) atoms. The fourth-order valence-corrected chi connectivity index (χ4v) is 3.65. The maximum Gasteiger partial charge on any atom is 0.265 e. The van der Waals surface area contributed by atoms with Crippen molar-refractivity contribution < 1.29 is 9.59 Å². The highest BCUT2D eigenvalue weighted by molar-refractivity contribution is 9.13. The van der Waals surface area contributed by atoms with E-state index in [4.69, 9.17) is 0 Å². The number of rotatable bonds is 3. The quantitative estimate of drug-likeness (QED) is 0.733. The first-order valence-electron chi connectivity index (χ1n) is 6.01. The highest BCUT2D eigenvalue weighted by Crippen LogP contribution is 2.32. The van der Waals surface area contributed by atoms with E-state index in [2.05, 4.69) is 42.5 Å². The SMILES string of the molecule is CC(=O)Nc1ccc(NC(=O)c2cc(Br)c(Br)s2)cc1C.